The maximum absolute atomic E-state index is 12.9. The van der Waals surface area contributed by atoms with Crippen molar-refractivity contribution in [3.8, 4) is 11.5 Å². The summed E-state index contributed by atoms with van der Waals surface area (Å²) in [5.74, 6) is -0.996. The van der Waals surface area contributed by atoms with Crippen molar-refractivity contribution in [3.63, 3.8) is 0 Å². The van der Waals surface area contributed by atoms with E-state index in [1.165, 1.54) is 4.90 Å². The number of benzene rings is 2. The summed E-state index contributed by atoms with van der Waals surface area (Å²) in [4.78, 5) is 54.1. The standard InChI is InChI=1S/C27H28N2O6/c1-16-12-20(10-11-23(16)29-25(31)21-8-3-4-9-22(21)26(29)32)35-27(33)17-13-24(30)28(15-17)18-6-5-7-19(14-18)34-2/h5-7,10-12,14,17,21-22H,3-4,8-9,13,15H2,1-2H3/t17-,21-,22-/m1/s1. The Morgan fingerprint density at radius 1 is 0.943 bits per heavy atom. The Balaban J connectivity index is 1.28. The molecule has 182 valence electrons. The van der Waals surface area contributed by atoms with Gasteiger partial charge in [0.2, 0.25) is 17.7 Å². The zero-order valence-corrected chi connectivity index (χ0v) is 19.9. The zero-order chi connectivity index (χ0) is 24.7. The zero-order valence-electron chi connectivity index (χ0n) is 19.9. The fourth-order valence-corrected chi connectivity index (χ4v) is 5.43. The summed E-state index contributed by atoms with van der Waals surface area (Å²) in [6, 6.07) is 12.1. The number of hydrogen-bond donors (Lipinski definition) is 0. The molecule has 1 aliphatic carbocycles. The van der Waals surface area contributed by atoms with Gasteiger partial charge in [-0.3, -0.25) is 19.2 Å². The first kappa shape index (κ1) is 23.1. The van der Waals surface area contributed by atoms with Crippen LogP contribution in [0.15, 0.2) is 42.5 Å². The Labute approximate surface area is 203 Å². The van der Waals surface area contributed by atoms with E-state index < -0.39 is 11.9 Å². The van der Waals surface area contributed by atoms with Crippen molar-refractivity contribution in [1.29, 1.82) is 0 Å². The topological polar surface area (TPSA) is 93.2 Å². The molecule has 0 unspecified atom stereocenters. The number of carbonyl (C=O) groups excluding carboxylic acids is 4. The highest BCUT2D eigenvalue weighted by Crippen LogP contribution is 2.41. The summed E-state index contributed by atoms with van der Waals surface area (Å²) < 4.78 is 10.8. The van der Waals surface area contributed by atoms with Crippen molar-refractivity contribution in [3.05, 3.63) is 48.0 Å². The van der Waals surface area contributed by atoms with Gasteiger partial charge in [-0.1, -0.05) is 18.9 Å². The molecule has 3 amide bonds. The third-order valence-corrected chi connectivity index (χ3v) is 7.29. The maximum atomic E-state index is 12.9. The van der Waals surface area contributed by atoms with Gasteiger partial charge in [-0.15, -0.1) is 0 Å². The Morgan fingerprint density at radius 2 is 1.66 bits per heavy atom. The number of methoxy groups -OCH3 is 1. The minimum Gasteiger partial charge on any atom is -0.497 e. The fraction of sp³-hybridized carbons (Fsp3) is 0.407. The Hall–Kier alpha value is -3.68. The van der Waals surface area contributed by atoms with E-state index in [4.69, 9.17) is 9.47 Å². The van der Waals surface area contributed by atoms with E-state index in [2.05, 4.69) is 0 Å². The first-order valence-corrected chi connectivity index (χ1v) is 12.0. The van der Waals surface area contributed by atoms with Gasteiger partial charge < -0.3 is 14.4 Å². The average molecular weight is 477 g/mol. The number of hydrogen-bond acceptors (Lipinski definition) is 6. The molecule has 2 aliphatic heterocycles. The van der Waals surface area contributed by atoms with E-state index in [9.17, 15) is 19.2 Å². The molecule has 3 fully saturated rings. The molecule has 8 nitrogen and oxygen atoms in total. The predicted molar refractivity (Wildman–Crippen MR) is 128 cm³/mol. The molecule has 2 heterocycles. The van der Waals surface area contributed by atoms with Crippen LogP contribution in [0, 0.1) is 24.7 Å². The number of nitrogens with zero attached hydrogens (tertiary/aromatic N) is 2. The second kappa shape index (κ2) is 9.17. The molecule has 0 N–H and O–H groups in total. The normalized spacial score (nSPS) is 24.1. The van der Waals surface area contributed by atoms with E-state index in [1.807, 2.05) is 0 Å². The van der Waals surface area contributed by atoms with Crippen molar-refractivity contribution in [2.45, 2.75) is 39.0 Å². The molecular formula is C27H28N2O6. The first-order valence-electron chi connectivity index (χ1n) is 12.0. The lowest BCUT2D eigenvalue weighted by molar-refractivity contribution is -0.139. The minimum absolute atomic E-state index is 0.0622. The van der Waals surface area contributed by atoms with Crippen LogP contribution in [-0.4, -0.2) is 37.3 Å². The van der Waals surface area contributed by atoms with Crippen LogP contribution < -0.4 is 19.3 Å². The van der Waals surface area contributed by atoms with Crippen LogP contribution in [-0.2, 0) is 19.2 Å². The smallest absolute Gasteiger partial charge is 0.316 e. The number of aryl methyl sites for hydroxylation is 1. The molecule has 5 rings (SSSR count). The second-order valence-electron chi connectivity index (χ2n) is 9.49. The molecule has 35 heavy (non-hydrogen) atoms. The summed E-state index contributed by atoms with van der Waals surface area (Å²) in [6.07, 6.45) is 3.52. The second-order valence-corrected chi connectivity index (χ2v) is 9.49. The Kier molecular flexibility index (Phi) is 6.05. The molecule has 2 saturated heterocycles. The molecule has 0 aromatic heterocycles. The van der Waals surface area contributed by atoms with Gasteiger partial charge in [-0.25, -0.2) is 4.90 Å². The monoisotopic (exact) mass is 476 g/mol. The average Bonchev–Trinajstić information content (AvgIpc) is 3.37. The highest BCUT2D eigenvalue weighted by atomic mass is 16.5. The van der Waals surface area contributed by atoms with Gasteiger partial charge >= 0.3 is 5.97 Å². The summed E-state index contributed by atoms with van der Waals surface area (Å²) >= 11 is 0. The molecule has 2 aromatic carbocycles. The third-order valence-electron chi connectivity index (χ3n) is 7.29. The number of rotatable bonds is 5. The molecule has 8 heteroatoms. The quantitative estimate of drug-likeness (QED) is 0.372. The van der Waals surface area contributed by atoms with Gasteiger partial charge in [0.1, 0.15) is 11.5 Å². The maximum Gasteiger partial charge on any atom is 0.316 e. The number of amides is 3. The van der Waals surface area contributed by atoms with Gasteiger partial charge in [0.25, 0.3) is 0 Å². The Bertz CT molecular complexity index is 1180. The molecule has 1 saturated carbocycles. The minimum atomic E-state index is -0.599. The molecule has 2 aromatic rings. The van der Waals surface area contributed by atoms with Gasteiger partial charge in [0.05, 0.1) is 30.6 Å². The first-order chi connectivity index (χ1) is 16.9. The molecule has 3 atom stereocenters. The van der Waals surface area contributed by atoms with Crippen molar-refractivity contribution in [1.82, 2.24) is 0 Å². The van der Waals surface area contributed by atoms with Crippen LogP contribution in [0.1, 0.15) is 37.7 Å². The molecular weight excluding hydrogens is 448 g/mol. The predicted octanol–water partition coefficient (Wildman–Crippen LogP) is 3.64. The van der Waals surface area contributed by atoms with E-state index in [0.717, 1.165) is 25.7 Å². The van der Waals surface area contributed by atoms with Gasteiger partial charge in [-0.2, -0.15) is 0 Å². The number of ether oxygens (including phenoxy) is 2. The van der Waals surface area contributed by atoms with E-state index in [-0.39, 0.29) is 42.5 Å². The van der Waals surface area contributed by atoms with Crippen molar-refractivity contribution >= 4 is 35.1 Å². The summed E-state index contributed by atoms with van der Waals surface area (Å²) in [5.41, 5.74) is 1.89. The van der Waals surface area contributed by atoms with Crippen LogP contribution in [0.5, 0.6) is 11.5 Å². The van der Waals surface area contributed by atoms with E-state index in [0.29, 0.717) is 28.4 Å². The van der Waals surface area contributed by atoms with Crippen LogP contribution in [0.3, 0.4) is 0 Å². The number of esters is 1. The SMILES string of the molecule is COc1cccc(N2C[C@H](C(=O)Oc3ccc(N4C(=O)[C@@H]5CCCC[C@H]5C4=O)c(C)c3)CC2=O)c1. The van der Waals surface area contributed by atoms with E-state index >= 15 is 0 Å². The highest BCUT2D eigenvalue weighted by molar-refractivity contribution is 6.22. The number of anilines is 2. The number of fused-ring (bicyclic) bond motifs is 1. The lowest BCUT2D eigenvalue weighted by Gasteiger charge is -2.19. The fourth-order valence-electron chi connectivity index (χ4n) is 5.43. The van der Waals surface area contributed by atoms with Crippen LogP contribution >= 0.6 is 0 Å². The molecule has 0 bridgehead atoms. The summed E-state index contributed by atoms with van der Waals surface area (Å²) in [7, 11) is 1.56. The molecule has 0 spiro atoms. The molecule has 0 radical (unpaired) electrons. The van der Waals surface area contributed by atoms with Crippen molar-refractivity contribution in [2.24, 2.45) is 17.8 Å². The Morgan fingerprint density at radius 3 is 2.31 bits per heavy atom. The summed E-state index contributed by atoms with van der Waals surface area (Å²) in [5, 5.41) is 0. The third kappa shape index (κ3) is 4.17. The van der Waals surface area contributed by atoms with Gasteiger partial charge in [-0.05, 0) is 55.7 Å². The van der Waals surface area contributed by atoms with Crippen LogP contribution in [0.2, 0.25) is 0 Å². The lowest BCUT2D eigenvalue weighted by Crippen LogP contribution is -2.31. The van der Waals surface area contributed by atoms with Crippen molar-refractivity contribution in [2.75, 3.05) is 23.5 Å². The summed E-state index contributed by atoms with van der Waals surface area (Å²) in [6.45, 7) is 2.01. The van der Waals surface area contributed by atoms with Gasteiger partial charge in [0.15, 0.2) is 0 Å². The lowest BCUT2D eigenvalue weighted by atomic mass is 9.81. The van der Waals surface area contributed by atoms with Gasteiger partial charge in [0, 0.05) is 24.7 Å². The van der Waals surface area contributed by atoms with E-state index in [1.54, 1.807) is 61.4 Å². The number of imide groups is 1. The molecule has 3 aliphatic rings. The van der Waals surface area contributed by atoms with Crippen LogP contribution in [0.25, 0.3) is 0 Å². The van der Waals surface area contributed by atoms with Crippen molar-refractivity contribution < 1.29 is 28.7 Å². The highest BCUT2D eigenvalue weighted by Gasteiger charge is 2.49. The largest absolute Gasteiger partial charge is 0.497 e. The van der Waals surface area contributed by atoms with Crippen LogP contribution in [0.4, 0.5) is 11.4 Å². The number of carbonyl (C=O) groups is 4.